The van der Waals surface area contributed by atoms with Crippen molar-refractivity contribution >= 4 is 21.6 Å². The van der Waals surface area contributed by atoms with Gasteiger partial charge in [0.1, 0.15) is 5.82 Å². The molecule has 0 radical (unpaired) electrons. The van der Waals surface area contributed by atoms with Crippen molar-refractivity contribution in [2.45, 2.75) is 43.4 Å². The summed E-state index contributed by atoms with van der Waals surface area (Å²) >= 11 is 0. The molecule has 7 heteroatoms. The fourth-order valence-corrected chi connectivity index (χ4v) is 4.81. The molecule has 28 heavy (non-hydrogen) atoms. The molecule has 0 bridgehead atoms. The van der Waals surface area contributed by atoms with Crippen molar-refractivity contribution in [1.82, 2.24) is 4.31 Å². The molecule has 3 rings (SSSR count). The number of carbonyl (C=O) groups excluding carboxylic acids is 1. The zero-order valence-corrected chi connectivity index (χ0v) is 16.6. The number of sulfonamides is 1. The molecule has 0 spiro atoms. The van der Waals surface area contributed by atoms with Crippen LogP contribution >= 0.6 is 0 Å². The van der Waals surface area contributed by atoms with E-state index in [1.54, 1.807) is 40.7 Å². The summed E-state index contributed by atoms with van der Waals surface area (Å²) in [4.78, 5) is 12.3. The Kier molecular flexibility index (Phi) is 6.80. The van der Waals surface area contributed by atoms with Gasteiger partial charge in [-0.3, -0.25) is 4.79 Å². The first-order chi connectivity index (χ1) is 13.5. The molecule has 1 fully saturated rings. The van der Waals surface area contributed by atoms with Gasteiger partial charge in [-0.2, -0.15) is 4.31 Å². The lowest BCUT2D eigenvalue weighted by atomic mass is 10.1. The van der Waals surface area contributed by atoms with Crippen LogP contribution < -0.4 is 5.32 Å². The van der Waals surface area contributed by atoms with E-state index < -0.39 is 15.8 Å². The van der Waals surface area contributed by atoms with Gasteiger partial charge in [0, 0.05) is 19.5 Å². The highest BCUT2D eigenvalue weighted by Crippen LogP contribution is 2.21. The molecule has 0 aromatic heterocycles. The number of benzene rings is 2. The lowest BCUT2D eigenvalue weighted by molar-refractivity contribution is -0.116. The van der Waals surface area contributed by atoms with Gasteiger partial charge in [0.05, 0.1) is 10.6 Å². The summed E-state index contributed by atoms with van der Waals surface area (Å²) in [5, 5.41) is 2.55. The van der Waals surface area contributed by atoms with E-state index in [9.17, 15) is 17.6 Å². The van der Waals surface area contributed by atoms with Gasteiger partial charge in [-0.25, -0.2) is 12.8 Å². The Labute approximate surface area is 165 Å². The number of amides is 1. The van der Waals surface area contributed by atoms with Gasteiger partial charge in [-0.1, -0.05) is 37.1 Å². The third-order valence-electron chi connectivity index (χ3n) is 4.91. The Bertz CT molecular complexity index is 906. The first kappa shape index (κ1) is 20.5. The molecule has 2 aromatic rings. The molecule has 1 aliphatic heterocycles. The van der Waals surface area contributed by atoms with Crippen molar-refractivity contribution in [1.29, 1.82) is 0 Å². The largest absolute Gasteiger partial charge is 0.324 e. The first-order valence-corrected chi connectivity index (χ1v) is 11.0. The predicted octanol–water partition coefficient (Wildman–Crippen LogP) is 3.96. The molecule has 1 heterocycles. The van der Waals surface area contributed by atoms with Crippen molar-refractivity contribution in [3.05, 3.63) is 59.9 Å². The fraction of sp³-hybridized carbons (Fsp3) is 0.381. The normalized spacial score (nSPS) is 15.8. The quantitative estimate of drug-likeness (QED) is 0.792. The lowest BCUT2D eigenvalue weighted by Gasteiger charge is -2.20. The van der Waals surface area contributed by atoms with Crippen molar-refractivity contribution in [2.75, 3.05) is 18.4 Å². The highest BCUT2D eigenvalue weighted by molar-refractivity contribution is 7.89. The smallest absolute Gasteiger partial charge is 0.243 e. The van der Waals surface area contributed by atoms with Crippen LogP contribution in [0.2, 0.25) is 0 Å². The van der Waals surface area contributed by atoms with Crippen LogP contribution in [-0.2, 0) is 21.2 Å². The van der Waals surface area contributed by atoms with E-state index in [-0.39, 0.29) is 22.9 Å². The third-order valence-corrected chi connectivity index (χ3v) is 6.83. The van der Waals surface area contributed by atoms with Crippen LogP contribution in [0.25, 0.3) is 0 Å². The van der Waals surface area contributed by atoms with E-state index in [1.165, 1.54) is 12.1 Å². The summed E-state index contributed by atoms with van der Waals surface area (Å²) < 4.78 is 40.7. The van der Waals surface area contributed by atoms with Gasteiger partial charge in [-0.05, 0) is 49.1 Å². The van der Waals surface area contributed by atoms with E-state index in [2.05, 4.69) is 5.32 Å². The number of carbonyl (C=O) groups is 1. The molecule has 5 nitrogen and oxygen atoms in total. The Morgan fingerprint density at radius 2 is 1.61 bits per heavy atom. The Hall–Kier alpha value is -2.25. The number of hydrogen-bond donors (Lipinski definition) is 1. The summed E-state index contributed by atoms with van der Waals surface area (Å²) in [6, 6.07) is 12.7. The average Bonchev–Trinajstić information content (AvgIpc) is 2.99. The maximum atomic E-state index is 13.6. The molecule has 0 saturated carbocycles. The second-order valence-corrected chi connectivity index (χ2v) is 8.93. The zero-order chi connectivity index (χ0) is 20.0. The monoisotopic (exact) mass is 404 g/mol. The predicted molar refractivity (Wildman–Crippen MR) is 107 cm³/mol. The number of anilines is 1. The topological polar surface area (TPSA) is 66.5 Å². The average molecular weight is 405 g/mol. The maximum Gasteiger partial charge on any atom is 0.243 e. The van der Waals surface area contributed by atoms with Crippen LogP contribution in [0.1, 0.15) is 37.7 Å². The van der Waals surface area contributed by atoms with Crippen molar-refractivity contribution in [3.8, 4) is 0 Å². The van der Waals surface area contributed by atoms with Crippen molar-refractivity contribution in [3.63, 3.8) is 0 Å². The number of halogens is 1. The summed E-state index contributed by atoms with van der Waals surface area (Å²) in [6.45, 7) is 1.14. The molecule has 150 valence electrons. The second kappa shape index (κ2) is 9.30. The highest BCUT2D eigenvalue weighted by atomic mass is 32.2. The van der Waals surface area contributed by atoms with Gasteiger partial charge >= 0.3 is 0 Å². The second-order valence-electron chi connectivity index (χ2n) is 6.99. The number of nitrogens with one attached hydrogen (secondary N) is 1. The Morgan fingerprint density at radius 3 is 2.25 bits per heavy atom. The van der Waals surface area contributed by atoms with Crippen LogP contribution in [0.15, 0.2) is 53.4 Å². The summed E-state index contributed by atoms with van der Waals surface area (Å²) in [7, 11) is -3.47. The zero-order valence-electron chi connectivity index (χ0n) is 15.7. The minimum Gasteiger partial charge on any atom is -0.324 e. The molecule has 1 aliphatic rings. The van der Waals surface area contributed by atoms with Gasteiger partial charge in [0.15, 0.2) is 0 Å². The van der Waals surface area contributed by atoms with Crippen LogP contribution in [0.5, 0.6) is 0 Å². The number of aryl methyl sites for hydroxylation is 1. The minimum atomic E-state index is -3.47. The molecule has 0 aliphatic carbocycles. The van der Waals surface area contributed by atoms with E-state index in [0.717, 1.165) is 31.2 Å². The van der Waals surface area contributed by atoms with Crippen molar-refractivity contribution < 1.29 is 17.6 Å². The molecule has 1 amide bonds. The van der Waals surface area contributed by atoms with Crippen LogP contribution in [0.4, 0.5) is 10.1 Å². The maximum absolute atomic E-state index is 13.6. The first-order valence-electron chi connectivity index (χ1n) is 9.60. The number of nitrogens with zero attached hydrogens (tertiary/aromatic N) is 1. The number of para-hydroxylation sites is 1. The van der Waals surface area contributed by atoms with Crippen LogP contribution in [-0.4, -0.2) is 31.7 Å². The van der Waals surface area contributed by atoms with Gasteiger partial charge in [0.2, 0.25) is 15.9 Å². The molecular formula is C21H25FN2O3S. The van der Waals surface area contributed by atoms with E-state index >= 15 is 0 Å². The lowest BCUT2D eigenvalue weighted by Crippen LogP contribution is -2.31. The number of rotatable bonds is 6. The van der Waals surface area contributed by atoms with Gasteiger partial charge in [-0.15, -0.1) is 0 Å². The summed E-state index contributed by atoms with van der Waals surface area (Å²) in [6.07, 6.45) is 4.57. The number of hydrogen-bond acceptors (Lipinski definition) is 3. The molecule has 0 atom stereocenters. The molecule has 1 saturated heterocycles. The van der Waals surface area contributed by atoms with Gasteiger partial charge < -0.3 is 5.32 Å². The Morgan fingerprint density at radius 1 is 0.964 bits per heavy atom. The molecular weight excluding hydrogens is 379 g/mol. The van der Waals surface area contributed by atoms with Crippen molar-refractivity contribution in [2.24, 2.45) is 0 Å². The highest BCUT2D eigenvalue weighted by Gasteiger charge is 2.24. The Balaban J connectivity index is 1.58. The van der Waals surface area contributed by atoms with Gasteiger partial charge in [0.25, 0.3) is 0 Å². The van der Waals surface area contributed by atoms with E-state index in [0.29, 0.717) is 19.5 Å². The molecule has 0 unspecified atom stereocenters. The van der Waals surface area contributed by atoms with Crippen LogP contribution in [0, 0.1) is 5.82 Å². The summed E-state index contributed by atoms with van der Waals surface area (Å²) in [5.41, 5.74) is 1.02. The van der Waals surface area contributed by atoms with Crippen LogP contribution in [0.3, 0.4) is 0 Å². The third kappa shape index (κ3) is 5.17. The fourth-order valence-electron chi connectivity index (χ4n) is 3.29. The molecule has 2 aromatic carbocycles. The van der Waals surface area contributed by atoms with E-state index in [4.69, 9.17) is 0 Å². The minimum absolute atomic E-state index is 0.159. The SMILES string of the molecule is O=C(CCc1ccc(S(=O)(=O)N2CCCCCC2)cc1)Nc1ccccc1F. The van der Waals surface area contributed by atoms with E-state index in [1.807, 2.05) is 0 Å². The standard InChI is InChI=1S/C21H25FN2O3S/c22-19-7-3-4-8-20(19)23-21(25)14-11-17-9-12-18(13-10-17)28(26,27)24-15-5-1-2-6-16-24/h3-4,7-10,12-13H,1-2,5-6,11,14-16H2,(H,23,25). The molecule has 1 N–H and O–H groups in total. The summed E-state index contributed by atoms with van der Waals surface area (Å²) in [5.74, 6) is -0.759.